The van der Waals surface area contributed by atoms with E-state index in [1.54, 1.807) is 12.1 Å². The van der Waals surface area contributed by atoms with Crippen LogP contribution in [0.2, 0.25) is 0 Å². The number of fused-ring (bicyclic) bond motifs is 1. The lowest BCUT2D eigenvalue weighted by atomic mass is 9.98. The Labute approximate surface area is 208 Å². The minimum absolute atomic E-state index is 0.00388. The smallest absolute Gasteiger partial charge is 0.250 e. The van der Waals surface area contributed by atoms with E-state index in [-0.39, 0.29) is 18.2 Å². The fourth-order valence-corrected chi connectivity index (χ4v) is 4.46. The zero-order chi connectivity index (χ0) is 25.1. The van der Waals surface area contributed by atoms with E-state index < -0.39 is 5.91 Å². The molecule has 1 amide bonds. The van der Waals surface area contributed by atoms with Gasteiger partial charge in [-0.2, -0.15) is 5.10 Å². The predicted octanol–water partition coefficient (Wildman–Crippen LogP) is 3.52. The van der Waals surface area contributed by atoms with Gasteiger partial charge in [0.2, 0.25) is 0 Å². The number of anilines is 1. The predicted molar refractivity (Wildman–Crippen MR) is 138 cm³/mol. The number of ketones is 1. The summed E-state index contributed by atoms with van der Waals surface area (Å²) in [6, 6.07) is 15.1. The Kier molecular flexibility index (Phi) is 6.73. The second-order valence-corrected chi connectivity index (χ2v) is 9.21. The number of primary amides is 1. The van der Waals surface area contributed by atoms with Crippen LogP contribution in [0.3, 0.4) is 0 Å². The maximum absolute atomic E-state index is 12.9. The molecule has 1 unspecified atom stereocenters. The summed E-state index contributed by atoms with van der Waals surface area (Å²) in [7, 11) is 1.91. The molecule has 36 heavy (non-hydrogen) atoms. The van der Waals surface area contributed by atoms with Crippen molar-refractivity contribution in [3.63, 3.8) is 0 Å². The van der Waals surface area contributed by atoms with Gasteiger partial charge < -0.3 is 16.4 Å². The van der Waals surface area contributed by atoms with Crippen molar-refractivity contribution < 1.29 is 9.59 Å². The monoisotopic (exact) mass is 483 g/mol. The number of aromatic nitrogens is 4. The van der Waals surface area contributed by atoms with Crippen molar-refractivity contribution in [2.24, 2.45) is 5.73 Å². The van der Waals surface area contributed by atoms with Crippen molar-refractivity contribution in [2.75, 3.05) is 18.9 Å². The molecule has 5 rings (SSSR count). The van der Waals surface area contributed by atoms with Gasteiger partial charge in [0.25, 0.3) is 5.91 Å². The van der Waals surface area contributed by atoms with Crippen LogP contribution in [0.5, 0.6) is 0 Å². The van der Waals surface area contributed by atoms with Gasteiger partial charge in [0.1, 0.15) is 17.8 Å². The summed E-state index contributed by atoms with van der Waals surface area (Å²) in [4.78, 5) is 33.5. The lowest BCUT2D eigenvalue weighted by Gasteiger charge is -2.21. The molecule has 2 aromatic carbocycles. The van der Waals surface area contributed by atoms with Crippen LogP contribution in [0.15, 0.2) is 54.9 Å². The van der Waals surface area contributed by atoms with E-state index in [1.165, 1.54) is 6.33 Å². The zero-order valence-electron chi connectivity index (χ0n) is 20.1. The minimum Gasteiger partial charge on any atom is -0.366 e. The summed E-state index contributed by atoms with van der Waals surface area (Å²) in [6.07, 6.45) is 4.80. The summed E-state index contributed by atoms with van der Waals surface area (Å²) in [5.41, 5.74) is 9.92. The van der Waals surface area contributed by atoms with E-state index >= 15 is 0 Å². The molecule has 1 fully saturated rings. The molecule has 0 aliphatic heterocycles. The fraction of sp³-hybridized carbons (Fsp3) is 0.296. The lowest BCUT2D eigenvalue weighted by molar-refractivity contribution is 0.0984. The first-order valence-corrected chi connectivity index (χ1v) is 12.2. The number of aromatic amines is 1. The summed E-state index contributed by atoms with van der Waals surface area (Å²) in [5.74, 6) is 0.611. The van der Waals surface area contributed by atoms with Crippen molar-refractivity contribution in [1.82, 2.24) is 25.5 Å². The molecule has 0 saturated heterocycles. The number of nitrogens with two attached hydrogens (primary N) is 1. The molecule has 2 aromatic heterocycles. The second kappa shape index (κ2) is 10.2. The highest BCUT2D eigenvalue weighted by molar-refractivity contribution is 6.06. The molecular formula is C27H29N7O2. The van der Waals surface area contributed by atoms with Crippen LogP contribution in [-0.4, -0.2) is 45.4 Å². The average molecular weight is 484 g/mol. The van der Waals surface area contributed by atoms with Crippen LogP contribution >= 0.6 is 0 Å². The van der Waals surface area contributed by atoms with Gasteiger partial charge in [-0.05, 0) is 62.2 Å². The third kappa shape index (κ3) is 5.11. The number of hydrogen-bond donors (Lipinski definition) is 4. The SMILES string of the molecule is CNCCC(Nc1ncnc2c(C(N)=O)cccc12)c1cccc(CC(=O)c2cc(C3CC3)[nH]n2)c1. The summed E-state index contributed by atoms with van der Waals surface area (Å²) >= 11 is 0. The van der Waals surface area contributed by atoms with Gasteiger partial charge in [-0.25, -0.2) is 9.97 Å². The van der Waals surface area contributed by atoms with Crippen molar-refractivity contribution in [1.29, 1.82) is 0 Å². The minimum atomic E-state index is -0.532. The van der Waals surface area contributed by atoms with Gasteiger partial charge in [0, 0.05) is 23.4 Å². The number of amides is 1. The molecule has 1 saturated carbocycles. The van der Waals surface area contributed by atoms with Crippen LogP contribution in [-0.2, 0) is 6.42 Å². The van der Waals surface area contributed by atoms with Crippen LogP contribution < -0.4 is 16.4 Å². The van der Waals surface area contributed by atoms with Gasteiger partial charge in [-0.1, -0.05) is 30.3 Å². The first kappa shape index (κ1) is 23.6. The van der Waals surface area contributed by atoms with E-state index in [0.29, 0.717) is 28.5 Å². The highest BCUT2D eigenvalue weighted by Crippen LogP contribution is 2.39. The van der Waals surface area contributed by atoms with Crippen LogP contribution in [0.1, 0.15) is 68.9 Å². The standard InChI is InChI=1S/C27H29N7O2/c1-29-11-10-21(32-27-20-7-3-6-19(26(28)36)25(20)30-15-31-27)18-5-2-4-16(12-18)13-24(35)23-14-22(33-34-23)17-8-9-17/h2-7,12,14-15,17,21,29H,8-11,13H2,1H3,(H2,28,36)(H,33,34)(H,30,31,32). The Hall–Kier alpha value is -4.11. The van der Waals surface area contributed by atoms with Crippen molar-refractivity contribution in [3.8, 4) is 0 Å². The van der Waals surface area contributed by atoms with Crippen molar-refractivity contribution in [2.45, 2.75) is 37.6 Å². The zero-order valence-corrected chi connectivity index (χ0v) is 20.1. The Morgan fingerprint density at radius 3 is 2.75 bits per heavy atom. The van der Waals surface area contributed by atoms with Gasteiger partial charge in [0.15, 0.2) is 5.78 Å². The normalized spacial score (nSPS) is 14.0. The van der Waals surface area contributed by atoms with E-state index in [1.807, 2.05) is 37.4 Å². The number of benzene rings is 2. The average Bonchev–Trinajstić information content (AvgIpc) is 3.62. The Bertz CT molecular complexity index is 1410. The maximum Gasteiger partial charge on any atom is 0.250 e. The number of nitrogens with zero attached hydrogens (tertiary/aromatic N) is 3. The second-order valence-electron chi connectivity index (χ2n) is 9.21. The summed E-state index contributed by atoms with van der Waals surface area (Å²) in [5, 5.41) is 14.7. The third-order valence-electron chi connectivity index (χ3n) is 6.54. The molecule has 0 spiro atoms. The first-order valence-electron chi connectivity index (χ1n) is 12.2. The van der Waals surface area contributed by atoms with Gasteiger partial charge in [0.05, 0.1) is 17.1 Å². The van der Waals surface area contributed by atoms with Gasteiger partial charge >= 0.3 is 0 Å². The molecule has 1 aliphatic carbocycles. The van der Waals surface area contributed by atoms with Crippen LogP contribution in [0.4, 0.5) is 5.82 Å². The van der Waals surface area contributed by atoms with E-state index in [4.69, 9.17) is 5.73 Å². The number of para-hydroxylation sites is 1. The van der Waals surface area contributed by atoms with E-state index in [0.717, 1.165) is 48.0 Å². The Morgan fingerprint density at radius 1 is 1.14 bits per heavy atom. The van der Waals surface area contributed by atoms with Gasteiger partial charge in [-0.15, -0.1) is 0 Å². The topological polar surface area (TPSA) is 139 Å². The number of nitrogens with one attached hydrogen (secondary N) is 3. The van der Waals surface area contributed by atoms with Crippen molar-refractivity contribution >= 4 is 28.4 Å². The van der Waals surface area contributed by atoms with Crippen LogP contribution in [0, 0.1) is 0 Å². The number of carbonyl (C=O) groups excluding carboxylic acids is 2. The fourth-order valence-electron chi connectivity index (χ4n) is 4.46. The molecule has 4 aromatic rings. The number of rotatable bonds is 11. The first-order chi connectivity index (χ1) is 17.5. The van der Waals surface area contributed by atoms with Crippen LogP contribution in [0.25, 0.3) is 10.9 Å². The number of hydrogen-bond acceptors (Lipinski definition) is 7. The Balaban J connectivity index is 1.39. The molecule has 0 bridgehead atoms. The number of Topliss-reactive ketones (excluding diaryl/α,β-unsaturated/α-hetero) is 1. The summed E-state index contributed by atoms with van der Waals surface area (Å²) < 4.78 is 0. The molecule has 1 aliphatic rings. The molecule has 9 nitrogen and oxygen atoms in total. The third-order valence-corrected chi connectivity index (χ3v) is 6.54. The van der Waals surface area contributed by atoms with E-state index in [2.05, 4.69) is 36.9 Å². The molecule has 184 valence electrons. The maximum atomic E-state index is 12.9. The number of carbonyl (C=O) groups is 2. The van der Waals surface area contributed by atoms with Gasteiger partial charge in [-0.3, -0.25) is 14.7 Å². The van der Waals surface area contributed by atoms with E-state index in [9.17, 15) is 9.59 Å². The lowest BCUT2D eigenvalue weighted by Crippen LogP contribution is -2.19. The molecule has 9 heteroatoms. The summed E-state index contributed by atoms with van der Waals surface area (Å²) in [6.45, 7) is 0.771. The van der Waals surface area contributed by atoms with Crippen molar-refractivity contribution in [3.05, 3.63) is 82.9 Å². The number of H-pyrrole nitrogens is 1. The highest BCUT2D eigenvalue weighted by atomic mass is 16.1. The molecular weight excluding hydrogens is 454 g/mol. The molecule has 5 N–H and O–H groups in total. The molecule has 2 heterocycles. The molecule has 0 radical (unpaired) electrons. The largest absolute Gasteiger partial charge is 0.366 e. The molecule has 1 atom stereocenters. The Morgan fingerprint density at radius 2 is 1.97 bits per heavy atom. The quantitative estimate of drug-likeness (QED) is 0.239. The highest BCUT2D eigenvalue weighted by Gasteiger charge is 2.26.